The second-order valence-corrected chi connectivity index (χ2v) is 7.09. The minimum absolute atomic E-state index is 0.283. The number of benzene rings is 1. The molecule has 1 saturated heterocycles. The summed E-state index contributed by atoms with van der Waals surface area (Å²) in [7, 11) is 1.54. The molecule has 1 aromatic rings. The molecule has 2 aliphatic rings. The molecule has 136 valence electrons. The summed E-state index contributed by atoms with van der Waals surface area (Å²) in [6, 6.07) is 5.63. The van der Waals surface area contributed by atoms with Gasteiger partial charge < -0.3 is 24.8 Å². The molecule has 1 heterocycles. The van der Waals surface area contributed by atoms with Gasteiger partial charge in [0, 0.05) is 18.8 Å². The van der Waals surface area contributed by atoms with Gasteiger partial charge in [0.05, 0.1) is 37.8 Å². The van der Waals surface area contributed by atoms with Crippen molar-refractivity contribution < 1.29 is 24.2 Å². The molecule has 2 atom stereocenters. The summed E-state index contributed by atoms with van der Waals surface area (Å²) in [5.41, 5.74) is 0.998. The summed E-state index contributed by atoms with van der Waals surface area (Å²) in [6.07, 6.45) is 0. The number of carboxylic acids is 1. The first kappa shape index (κ1) is 17.5. The van der Waals surface area contributed by atoms with Crippen LogP contribution in [-0.2, 0) is 14.3 Å². The Labute approximate surface area is 146 Å². The fraction of sp³-hybridized carbons (Fsp3) is 0.556. The van der Waals surface area contributed by atoms with Crippen molar-refractivity contribution in [1.29, 1.82) is 0 Å². The SMILES string of the molecule is COc1ccc(N2CCOCC2)cc1NC(=O)[C@H]1[C@@H](C(=O)O)C1(C)C. The number of nitrogens with one attached hydrogen (secondary N) is 1. The second kappa shape index (κ2) is 6.55. The van der Waals surface area contributed by atoms with E-state index in [0.717, 1.165) is 18.8 Å². The van der Waals surface area contributed by atoms with E-state index in [0.29, 0.717) is 24.7 Å². The Morgan fingerprint density at radius 2 is 1.96 bits per heavy atom. The van der Waals surface area contributed by atoms with Crippen LogP contribution in [0.1, 0.15) is 13.8 Å². The quantitative estimate of drug-likeness (QED) is 0.844. The Balaban J connectivity index is 1.79. The summed E-state index contributed by atoms with van der Waals surface area (Å²) >= 11 is 0. The van der Waals surface area contributed by atoms with Gasteiger partial charge in [0.25, 0.3) is 0 Å². The smallest absolute Gasteiger partial charge is 0.307 e. The summed E-state index contributed by atoms with van der Waals surface area (Å²) in [6.45, 7) is 6.52. The molecule has 0 aromatic heterocycles. The molecule has 7 nitrogen and oxygen atoms in total. The van der Waals surface area contributed by atoms with Gasteiger partial charge in [-0.25, -0.2) is 0 Å². The number of anilines is 2. The van der Waals surface area contributed by atoms with Crippen LogP contribution in [0.5, 0.6) is 5.75 Å². The molecule has 3 rings (SSSR count). The van der Waals surface area contributed by atoms with Crippen LogP contribution in [0.2, 0.25) is 0 Å². The number of carbonyl (C=O) groups excluding carboxylic acids is 1. The van der Waals surface area contributed by atoms with Crippen LogP contribution in [0, 0.1) is 17.3 Å². The van der Waals surface area contributed by atoms with E-state index in [-0.39, 0.29) is 5.91 Å². The van der Waals surface area contributed by atoms with Crippen molar-refractivity contribution in [3.05, 3.63) is 18.2 Å². The number of amides is 1. The maximum Gasteiger partial charge on any atom is 0.307 e. The first-order chi connectivity index (χ1) is 11.9. The summed E-state index contributed by atoms with van der Waals surface area (Å²) in [4.78, 5) is 26.1. The lowest BCUT2D eigenvalue weighted by molar-refractivity contribution is -0.140. The lowest BCUT2D eigenvalue weighted by Gasteiger charge is -2.29. The molecule has 2 fully saturated rings. The first-order valence-electron chi connectivity index (χ1n) is 8.40. The highest BCUT2D eigenvalue weighted by atomic mass is 16.5. The average molecular weight is 348 g/mol. The van der Waals surface area contributed by atoms with Gasteiger partial charge in [-0.15, -0.1) is 0 Å². The normalized spacial score (nSPS) is 24.5. The number of methoxy groups -OCH3 is 1. The molecule has 1 aliphatic heterocycles. The van der Waals surface area contributed by atoms with Gasteiger partial charge in [-0.3, -0.25) is 9.59 Å². The van der Waals surface area contributed by atoms with E-state index < -0.39 is 23.2 Å². The number of hydrogen-bond acceptors (Lipinski definition) is 5. The van der Waals surface area contributed by atoms with Gasteiger partial charge in [0.1, 0.15) is 5.75 Å². The Morgan fingerprint density at radius 3 is 2.52 bits per heavy atom. The summed E-state index contributed by atoms with van der Waals surface area (Å²) in [5.74, 6) is -1.85. The highest BCUT2D eigenvalue weighted by Crippen LogP contribution is 2.58. The van der Waals surface area contributed by atoms with E-state index in [2.05, 4.69) is 10.2 Å². The molecule has 2 N–H and O–H groups in total. The summed E-state index contributed by atoms with van der Waals surface area (Å²) in [5, 5.41) is 12.1. The number of nitrogens with zero attached hydrogens (tertiary/aromatic N) is 1. The van der Waals surface area contributed by atoms with Gasteiger partial charge in [0.2, 0.25) is 5.91 Å². The maximum absolute atomic E-state index is 12.6. The average Bonchev–Trinajstić information content (AvgIpc) is 3.18. The Morgan fingerprint density at radius 1 is 1.28 bits per heavy atom. The van der Waals surface area contributed by atoms with Crippen LogP contribution < -0.4 is 15.0 Å². The van der Waals surface area contributed by atoms with E-state index in [1.165, 1.54) is 0 Å². The summed E-state index contributed by atoms with van der Waals surface area (Å²) < 4.78 is 10.7. The fourth-order valence-electron chi connectivity index (χ4n) is 3.61. The van der Waals surface area contributed by atoms with Crippen LogP contribution in [0.4, 0.5) is 11.4 Å². The highest BCUT2D eigenvalue weighted by Gasteiger charge is 2.65. The fourth-order valence-corrected chi connectivity index (χ4v) is 3.61. The molecule has 25 heavy (non-hydrogen) atoms. The molecular weight excluding hydrogens is 324 g/mol. The van der Waals surface area contributed by atoms with Crippen LogP contribution in [0.3, 0.4) is 0 Å². The monoisotopic (exact) mass is 348 g/mol. The second-order valence-electron chi connectivity index (χ2n) is 7.09. The zero-order valence-corrected chi connectivity index (χ0v) is 14.7. The van der Waals surface area contributed by atoms with E-state index in [4.69, 9.17) is 9.47 Å². The first-order valence-corrected chi connectivity index (χ1v) is 8.40. The van der Waals surface area contributed by atoms with Crippen LogP contribution >= 0.6 is 0 Å². The minimum atomic E-state index is -0.931. The molecule has 1 aromatic carbocycles. The molecule has 0 bridgehead atoms. The van der Waals surface area contributed by atoms with Crippen molar-refractivity contribution in [3.63, 3.8) is 0 Å². The Kier molecular flexibility index (Phi) is 4.60. The molecule has 0 spiro atoms. The number of morpholine rings is 1. The topological polar surface area (TPSA) is 88.1 Å². The molecule has 1 amide bonds. The predicted octanol–water partition coefficient (Wildman–Crippen LogP) is 1.83. The third-order valence-corrected chi connectivity index (χ3v) is 5.19. The molecule has 7 heteroatoms. The van der Waals surface area contributed by atoms with Gasteiger partial charge >= 0.3 is 5.97 Å². The van der Waals surface area contributed by atoms with Gasteiger partial charge in [0.15, 0.2) is 0 Å². The number of hydrogen-bond donors (Lipinski definition) is 2. The van der Waals surface area contributed by atoms with Crippen LogP contribution in [0.25, 0.3) is 0 Å². The van der Waals surface area contributed by atoms with Crippen molar-refractivity contribution >= 4 is 23.3 Å². The zero-order chi connectivity index (χ0) is 18.2. The van der Waals surface area contributed by atoms with Gasteiger partial charge in [-0.05, 0) is 23.6 Å². The van der Waals surface area contributed by atoms with Crippen LogP contribution in [-0.4, -0.2) is 50.4 Å². The zero-order valence-electron chi connectivity index (χ0n) is 14.7. The molecule has 0 radical (unpaired) electrons. The van der Waals surface area contributed by atoms with E-state index in [1.807, 2.05) is 18.2 Å². The van der Waals surface area contributed by atoms with E-state index >= 15 is 0 Å². The maximum atomic E-state index is 12.6. The van der Waals surface area contributed by atoms with Crippen molar-refractivity contribution in [2.24, 2.45) is 17.3 Å². The van der Waals surface area contributed by atoms with Crippen molar-refractivity contribution in [3.8, 4) is 5.75 Å². The molecule has 1 aliphatic carbocycles. The third kappa shape index (κ3) is 3.28. The van der Waals surface area contributed by atoms with Crippen molar-refractivity contribution in [2.45, 2.75) is 13.8 Å². The number of rotatable bonds is 5. The molecular formula is C18H24N2O5. The largest absolute Gasteiger partial charge is 0.495 e. The molecule has 1 saturated carbocycles. The number of carboxylic acid groups (broad SMARTS) is 1. The Hall–Kier alpha value is -2.28. The van der Waals surface area contributed by atoms with Gasteiger partial charge in [-0.2, -0.15) is 0 Å². The standard InChI is InChI=1S/C18H24N2O5/c1-18(2)14(15(18)17(22)23)16(21)19-12-10-11(4-5-13(12)24-3)20-6-8-25-9-7-20/h4-5,10,14-15H,6-9H2,1-3H3,(H,19,21)(H,22,23)/t14-,15+/m1/s1. The molecule has 0 unspecified atom stereocenters. The highest BCUT2D eigenvalue weighted by molar-refractivity contribution is 6.00. The van der Waals surface area contributed by atoms with E-state index in [9.17, 15) is 14.7 Å². The number of carbonyl (C=O) groups is 2. The number of ether oxygens (including phenoxy) is 2. The van der Waals surface area contributed by atoms with Crippen molar-refractivity contribution in [2.75, 3.05) is 43.6 Å². The lowest BCUT2D eigenvalue weighted by Crippen LogP contribution is -2.36. The lowest BCUT2D eigenvalue weighted by atomic mass is 10.1. The van der Waals surface area contributed by atoms with Gasteiger partial charge in [-0.1, -0.05) is 13.8 Å². The van der Waals surface area contributed by atoms with Crippen LogP contribution in [0.15, 0.2) is 18.2 Å². The number of aliphatic carboxylic acids is 1. The third-order valence-electron chi connectivity index (χ3n) is 5.19. The Bertz CT molecular complexity index is 682. The van der Waals surface area contributed by atoms with Crippen molar-refractivity contribution in [1.82, 2.24) is 0 Å². The van der Waals surface area contributed by atoms with E-state index in [1.54, 1.807) is 21.0 Å². The predicted molar refractivity (Wildman–Crippen MR) is 93.1 cm³/mol. The minimum Gasteiger partial charge on any atom is -0.495 e.